The maximum absolute atomic E-state index is 12.3. The third kappa shape index (κ3) is 5.76. The molecular weight excluding hydrogens is 450 g/mol. The van der Waals surface area contributed by atoms with Crippen molar-refractivity contribution in [3.63, 3.8) is 0 Å². The van der Waals surface area contributed by atoms with Gasteiger partial charge in [0.1, 0.15) is 13.2 Å². The molecular formula is C19H20ClN3O7S. The van der Waals surface area contributed by atoms with Crippen molar-refractivity contribution in [1.82, 2.24) is 0 Å². The van der Waals surface area contributed by atoms with Crippen molar-refractivity contribution in [2.75, 3.05) is 35.6 Å². The molecule has 0 aliphatic carbocycles. The van der Waals surface area contributed by atoms with Crippen LogP contribution in [0.1, 0.15) is 12.8 Å². The first-order valence-corrected chi connectivity index (χ1v) is 11.5. The summed E-state index contributed by atoms with van der Waals surface area (Å²) in [4.78, 5) is 22.6. The van der Waals surface area contributed by atoms with Gasteiger partial charge in [-0.3, -0.25) is 19.2 Å². The van der Waals surface area contributed by atoms with Crippen LogP contribution in [0.4, 0.5) is 17.1 Å². The lowest BCUT2D eigenvalue weighted by Gasteiger charge is -2.25. The average molecular weight is 470 g/mol. The van der Waals surface area contributed by atoms with Gasteiger partial charge in [0, 0.05) is 31.2 Å². The van der Waals surface area contributed by atoms with Crippen molar-refractivity contribution in [2.45, 2.75) is 12.8 Å². The third-order valence-corrected chi connectivity index (χ3v) is 5.94. The van der Waals surface area contributed by atoms with Crippen LogP contribution in [0.2, 0.25) is 5.02 Å². The number of carbonyl (C=O) groups excluding carboxylic acids is 1. The fraction of sp³-hybridized carbons (Fsp3) is 0.316. The van der Waals surface area contributed by atoms with Gasteiger partial charge in [0.2, 0.25) is 15.9 Å². The molecule has 0 spiro atoms. The summed E-state index contributed by atoms with van der Waals surface area (Å²) in [5.41, 5.74) is 0.308. The number of amides is 1. The van der Waals surface area contributed by atoms with E-state index in [0.717, 1.165) is 12.3 Å². The average Bonchev–Trinajstić information content (AvgIpc) is 2.71. The topological polar surface area (TPSA) is 128 Å². The summed E-state index contributed by atoms with van der Waals surface area (Å²) in [5, 5.41) is 13.6. The molecule has 2 aromatic carbocycles. The van der Waals surface area contributed by atoms with Crippen LogP contribution >= 0.6 is 11.6 Å². The van der Waals surface area contributed by atoms with Gasteiger partial charge in [-0.15, -0.1) is 0 Å². The van der Waals surface area contributed by atoms with Crippen LogP contribution in [-0.4, -0.2) is 45.3 Å². The fourth-order valence-corrected chi connectivity index (χ4v) is 4.11. The number of sulfonamides is 1. The third-order valence-electron chi connectivity index (χ3n) is 4.41. The maximum atomic E-state index is 12.3. The number of halogens is 1. The highest BCUT2D eigenvalue weighted by Gasteiger charge is 2.21. The number of hydrogen-bond donors (Lipinski definition) is 1. The summed E-state index contributed by atoms with van der Waals surface area (Å²) >= 11 is 5.98. The molecule has 1 N–H and O–H groups in total. The minimum atomic E-state index is -3.61. The van der Waals surface area contributed by atoms with Gasteiger partial charge in [-0.05, 0) is 24.6 Å². The molecule has 1 amide bonds. The molecule has 1 aliphatic rings. The Morgan fingerprint density at radius 3 is 2.58 bits per heavy atom. The van der Waals surface area contributed by atoms with Gasteiger partial charge in [0.15, 0.2) is 11.5 Å². The van der Waals surface area contributed by atoms with E-state index in [2.05, 4.69) is 5.32 Å². The lowest BCUT2D eigenvalue weighted by Crippen LogP contribution is -2.31. The van der Waals surface area contributed by atoms with Crippen molar-refractivity contribution < 1.29 is 27.6 Å². The SMILES string of the molecule is CS(=O)(=O)N(CCCC(=O)Nc1cc([N+](=O)[O-])ccc1Cl)c1ccc2c(c1)OCCO2. The van der Waals surface area contributed by atoms with Gasteiger partial charge < -0.3 is 14.8 Å². The van der Waals surface area contributed by atoms with Gasteiger partial charge in [0.05, 0.1) is 27.6 Å². The Morgan fingerprint density at radius 1 is 1.19 bits per heavy atom. The predicted octanol–water partition coefficient (Wildman–Crippen LogP) is 3.20. The molecule has 0 saturated heterocycles. The number of anilines is 2. The van der Waals surface area contributed by atoms with Crippen molar-refractivity contribution >= 4 is 44.6 Å². The van der Waals surface area contributed by atoms with Gasteiger partial charge >= 0.3 is 0 Å². The zero-order valence-electron chi connectivity index (χ0n) is 16.5. The van der Waals surface area contributed by atoms with Gasteiger partial charge in [-0.1, -0.05) is 11.6 Å². The molecule has 12 heteroatoms. The molecule has 31 heavy (non-hydrogen) atoms. The summed E-state index contributed by atoms with van der Waals surface area (Å²) in [7, 11) is -3.61. The molecule has 0 radical (unpaired) electrons. The highest BCUT2D eigenvalue weighted by Crippen LogP contribution is 2.35. The normalized spacial score (nSPS) is 12.8. The molecule has 166 valence electrons. The number of hydrogen-bond acceptors (Lipinski definition) is 7. The number of nitro benzene ring substituents is 1. The highest BCUT2D eigenvalue weighted by molar-refractivity contribution is 7.92. The number of ether oxygens (including phenoxy) is 2. The number of carbonyl (C=O) groups is 1. The molecule has 1 aliphatic heterocycles. The van der Waals surface area contributed by atoms with Crippen LogP contribution in [0.15, 0.2) is 36.4 Å². The zero-order valence-corrected chi connectivity index (χ0v) is 18.1. The van der Waals surface area contributed by atoms with Gasteiger partial charge in [0.25, 0.3) is 5.69 Å². The Kier molecular flexibility index (Phi) is 6.86. The largest absolute Gasteiger partial charge is 0.486 e. The number of nitro groups is 1. The van der Waals surface area contributed by atoms with E-state index in [1.54, 1.807) is 18.2 Å². The van der Waals surface area contributed by atoms with Crippen LogP contribution in [-0.2, 0) is 14.8 Å². The van der Waals surface area contributed by atoms with E-state index >= 15 is 0 Å². The molecule has 3 rings (SSSR count). The highest BCUT2D eigenvalue weighted by atomic mass is 35.5. The molecule has 10 nitrogen and oxygen atoms in total. The van der Waals surface area contributed by atoms with Crippen molar-refractivity contribution in [3.8, 4) is 11.5 Å². The number of benzene rings is 2. The standard InChI is InChI=1S/C19H20ClN3O7S/c1-31(27,28)22(13-5-7-17-18(12-13)30-10-9-29-17)8-2-3-19(24)21-16-11-14(23(25)26)4-6-15(16)20/h4-7,11-12H,2-3,8-10H2,1H3,(H,21,24). The second-order valence-corrected chi connectivity index (χ2v) is 9.05. The summed E-state index contributed by atoms with van der Waals surface area (Å²) in [5.74, 6) is 0.546. The van der Waals surface area contributed by atoms with Crippen LogP contribution in [0.25, 0.3) is 0 Å². The van der Waals surface area contributed by atoms with Crippen LogP contribution < -0.4 is 19.1 Å². The summed E-state index contributed by atoms with van der Waals surface area (Å²) < 4.78 is 36.7. The van der Waals surface area contributed by atoms with Crippen molar-refractivity contribution in [1.29, 1.82) is 0 Å². The Morgan fingerprint density at radius 2 is 1.90 bits per heavy atom. The van der Waals surface area contributed by atoms with Gasteiger partial charge in [-0.2, -0.15) is 0 Å². The minimum absolute atomic E-state index is 0.0183. The van der Waals surface area contributed by atoms with E-state index in [1.165, 1.54) is 16.4 Å². The van der Waals surface area contributed by atoms with E-state index in [4.69, 9.17) is 21.1 Å². The zero-order chi connectivity index (χ0) is 22.6. The molecule has 0 fully saturated rings. The Labute approximate surface area is 183 Å². The summed E-state index contributed by atoms with van der Waals surface area (Å²) in [6.07, 6.45) is 1.27. The monoisotopic (exact) mass is 469 g/mol. The molecule has 0 unspecified atom stereocenters. The first-order valence-electron chi connectivity index (χ1n) is 9.26. The number of nitrogens with one attached hydrogen (secondary N) is 1. The quantitative estimate of drug-likeness (QED) is 0.464. The Bertz CT molecular complexity index is 1110. The van der Waals surface area contributed by atoms with Gasteiger partial charge in [-0.25, -0.2) is 8.42 Å². The van der Waals surface area contributed by atoms with Crippen LogP contribution in [0, 0.1) is 10.1 Å². The number of rotatable bonds is 8. The minimum Gasteiger partial charge on any atom is -0.486 e. The Balaban J connectivity index is 1.65. The van der Waals surface area contributed by atoms with Crippen molar-refractivity contribution in [3.05, 3.63) is 51.5 Å². The molecule has 0 aromatic heterocycles. The fourth-order valence-electron chi connectivity index (χ4n) is 2.99. The van der Waals surface area contributed by atoms with Crippen LogP contribution in [0.5, 0.6) is 11.5 Å². The van der Waals surface area contributed by atoms with E-state index in [9.17, 15) is 23.3 Å². The molecule has 2 aromatic rings. The first-order chi connectivity index (χ1) is 14.6. The number of fused-ring (bicyclic) bond motifs is 1. The molecule has 0 bridgehead atoms. The number of non-ortho nitro benzene ring substituents is 1. The molecule has 0 atom stereocenters. The summed E-state index contributed by atoms with van der Waals surface area (Å²) in [6, 6.07) is 8.55. The van der Waals surface area contributed by atoms with Crippen LogP contribution in [0.3, 0.4) is 0 Å². The second kappa shape index (κ2) is 9.40. The van der Waals surface area contributed by atoms with E-state index in [-0.39, 0.29) is 35.8 Å². The lowest BCUT2D eigenvalue weighted by molar-refractivity contribution is -0.384. The van der Waals surface area contributed by atoms with E-state index in [0.29, 0.717) is 30.4 Å². The van der Waals surface area contributed by atoms with Crippen molar-refractivity contribution in [2.24, 2.45) is 0 Å². The second-order valence-electron chi connectivity index (χ2n) is 6.74. The first kappa shape index (κ1) is 22.6. The van der Waals surface area contributed by atoms with E-state index in [1.807, 2.05) is 0 Å². The maximum Gasteiger partial charge on any atom is 0.271 e. The summed E-state index contributed by atoms with van der Waals surface area (Å²) in [6.45, 7) is 0.843. The number of nitrogens with zero attached hydrogens (tertiary/aromatic N) is 2. The predicted molar refractivity (Wildman–Crippen MR) is 116 cm³/mol. The smallest absolute Gasteiger partial charge is 0.271 e. The molecule has 1 heterocycles. The Hall–Kier alpha value is -3.05. The lowest BCUT2D eigenvalue weighted by atomic mass is 10.2. The van der Waals surface area contributed by atoms with E-state index < -0.39 is 20.9 Å². The molecule has 0 saturated carbocycles.